The van der Waals surface area contributed by atoms with E-state index in [-0.39, 0.29) is 0 Å². The number of ether oxygens (including phenoxy) is 1. The van der Waals surface area contributed by atoms with E-state index in [0.29, 0.717) is 0 Å². The summed E-state index contributed by atoms with van der Waals surface area (Å²) in [5, 5.41) is 0. The molecule has 0 bridgehead atoms. The predicted molar refractivity (Wildman–Crippen MR) is 163 cm³/mol. The number of imidazole rings is 1. The fourth-order valence-electron chi connectivity index (χ4n) is 5.14. The number of benzene rings is 5. The van der Waals surface area contributed by atoms with Crippen molar-refractivity contribution in [2.24, 2.45) is 0 Å². The van der Waals surface area contributed by atoms with Gasteiger partial charge in [-0.15, -0.1) is 0 Å². The molecule has 2 heterocycles. The lowest BCUT2D eigenvalue weighted by Crippen LogP contribution is -2.00. The monoisotopic (exact) mass is 536 g/mol. The molecule has 0 unspecified atom stereocenters. The molecule has 0 atom stereocenters. The second-order valence-corrected chi connectivity index (χ2v) is 9.91. The van der Waals surface area contributed by atoms with Gasteiger partial charge in [0.25, 0.3) is 0 Å². The summed E-state index contributed by atoms with van der Waals surface area (Å²) in [4.78, 5) is 5.34. The Hall–Kier alpha value is -5.07. The number of rotatable bonds is 6. The highest BCUT2D eigenvalue weighted by molar-refractivity contribution is 7.00. The van der Waals surface area contributed by atoms with Crippen molar-refractivity contribution in [1.29, 1.82) is 0 Å². The minimum absolute atomic E-state index is 0.819. The van der Waals surface area contributed by atoms with Crippen LogP contribution in [-0.2, 0) is 0 Å². The molecule has 7 aromatic rings. The van der Waals surface area contributed by atoms with Gasteiger partial charge >= 0.3 is 0 Å². The first kappa shape index (κ1) is 24.0. The molecule has 0 aliphatic heterocycles. The molecule has 0 saturated carbocycles. The maximum Gasteiger partial charge on any atom is 0.148 e. The van der Waals surface area contributed by atoms with Crippen molar-refractivity contribution in [3.63, 3.8) is 0 Å². The molecule has 0 fully saturated rings. The van der Waals surface area contributed by atoms with Crippen LogP contribution in [0.5, 0.6) is 5.75 Å². The molecular formula is C34H24N4OS. The van der Waals surface area contributed by atoms with Crippen molar-refractivity contribution in [3.8, 4) is 56.5 Å². The molecular weight excluding hydrogens is 512 g/mol. The van der Waals surface area contributed by atoms with Gasteiger partial charge < -0.3 is 4.74 Å². The van der Waals surface area contributed by atoms with Crippen molar-refractivity contribution in [2.45, 2.75) is 0 Å². The first-order chi connectivity index (χ1) is 19.8. The molecule has 0 aliphatic carbocycles. The van der Waals surface area contributed by atoms with Gasteiger partial charge in [-0.1, -0.05) is 97.1 Å². The first-order valence-electron chi connectivity index (χ1n) is 13.0. The molecule has 6 heteroatoms. The van der Waals surface area contributed by atoms with E-state index in [0.717, 1.165) is 67.5 Å². The average molecular weight is 537 g/mol. The molecule has 0 saturated heterocycles. The van der Waals surface area contributed by atoms with E-state index in [4.69, 9.17) is 18.5 Å². The highest BCUT2D eigenvalue weighted by atomic mass is 32.1. The third-order valence-corrected chi connectivity index (χ3v) is 7.57. The molecule has 40 heavy (non-hydrogen) atoms. The number of hydrogen-bond donors (Lipinski definition) is 0. The lowest BCUT2D eigenvalue weighted by atomic mass is 10.0. The Morgan fingerprint density at radius 3 is 1.80 bits per heavy atom. The molecule has 5 nitrogen and oxygen atoms in total. The smallest absolute Gasteiger partial charge is 0.148 e. The van der Waals surface area contributed by atoms with E-state index in [1.807, 2.05) is 30.3 Å². The van der Waals surface area contributed by atoms with Crippen LogP contribution in [0.4, 0.5) is 0 Å². The van der Waals surface area contributed by atoms with Gasteiger partial charge in [-0.25, -0.2) is 4.98 Å². The van der Waals surface area contributed by atoms with Crippen molar-refractivity contribution >= 4 is 22.8 Å². The van der Waals surface area contributed by atoms with Crippen molar-refractivity contribution in [3.05, 3.63) is 127 Å². The largest absolute Gasteiger partial charge is 0.497 e. The summed E-state index contributed by atoms with van der Waals surface area (Å²) in [6.45, 7) is 0. The predicted octanol–water partition coefficient (Wildman–Crippen LogP) is 8.55. The SMILES string of the molecule is COc1ccc(-c2ccc(-c3nc(-c4ccccc4)c(-c4ccccc4)n3-c3ccccc3)c3nsnc23)cc1. The Kier molecular flexibility index (Phi) is 6.15. The normalized spacial score (nSPS) is 11.1. The van der Waals surface area contributed by atoms with E-state index in [1.165, 1.54) is 11.7 Å². The molecule has 7 rings (SSSR count). The number of aromatic nitrogens is 4. The van der Waals surface area contributed by atoms with Gasteiger partial charge in [-0.05, 0) is 35.9 Å². The standard InChI is InChI=1S/C34H24N4OS/c1-39-27-19-17-23(18-20-27)28-21-22-29(32-31(28)36-40-37-32)34-35-30(24-11-5-2-6-12-24)33(25-13-7-3-8-14-25)38(34)26-15-9-4-10-16-26/h2-22H,1H3. The van der Waals surface area contributed by atoms with Gasteiger partial charge in [0, 0.05) is 27.9 Å². The lowest BCUT2D eigenvalue weighted by Gasteiger charge is -2.14. The zero-order valence-corrected chi connectivity index (χ0v) is 22.5. The van der Waals surface area contributed by atoms with Crippen molar-refractivity contribution in [1.82, 2.24) is 18.3 Å². The average Bonchev–Trinajstić information content (AvgIpc) is 3.68. The summed E-state index contributed by atoms with van der Waals surface area (Å²) in [6.07, 6.45) is 0. The molecule has 0 aliphatic rings. The quantitative estimate of drug-likeness (QED) is 0.214. The summed E-state index contributed by atoms with van der Waals surface area (Å²) in [5.41, 5.74) is 9.84. The third kappa shape index (κ3) is 4.15. The minimum atomic E-state index is 0.819. The fraction of sp³-hybridized carbons (Fsp3) is 0.0294. The van der Waals surface area contributed by atoms with E-state index in [2.05, 4.69) is 102 Å². The Balaban J connectivity index is 1.52. The highest BCUT2D eigenvalue weighted by Gasteiger charge is 2.25. The zero-order valence-electron chi connectivity index (χ0n) is 21.7. The second kappa shape index (κ2) is 10.2. The van der Waals surface area contributed by atoms with Crippen LogP contribution in [0.2, 0.25) is 0 Å². The zero-order chi connectivity index (χ0) is 26.9. The maximum atomic E-state index is 5.36. The first-order valence-corrected chi connectivity index (χ1v) is 13.7. The van der Waals surface area contributed by atoms with E-state index in [9.17, 15) is 0 Å². The molecule has 0 amide bonds. The van der Waals surface area contributed by atoms with Gasteiger partial charge in [-0.3, -0.25) is 4.57 Å². The van der Waals surface area contributed by atoms with Crippen LogP contribution < -0.4 is 4.74 Å². The number of nitrogens with zero attached hydrogens (tertiary/aromatic N) is 4. The van der Waals surface area contributed by atoms with Crippen LogP contribution in [0.1, 0.15) is 0 Å². The fourth-order valence-corrected chi connectivity index (χ4v) is 5.71. The molecule has 0 spiro atoms. The van der Waals surface area contributed by atoms with Crippen LogP contribution in [-0.4, -0.2) is 25.4 Å². The molecule has 192 valence electrons. The van der Waals surface area contributed by atoms with Crippen LogP contribution in [0, 0.1) is 0 Å². The Morgan fingerprint density at radius 2 is 1.15 bits per heavy atom. The molecule has 0 radical (unpaired) electrons. The topological polar surface area (TPSA) is 52.8 Å². The van der Waals surface area contributed by atoms with Gasteiger partial charge in [0.1, 0.15) is 22.6 Å². The molecule has 5 aromatic carbocycles. The van der Waals surface area contributed by atoms with Gasteiger partial charge in [0.2, 0.25) is 0 Å². The van der Waals surface area contributed by atoms with Crippen molar-refractivity contribution in [2.75, 3.05) is 7.11 Å². The summed E-state index contributed by atoms with van der Waals surface area (Å²) in [5.74, 6) is 1.64. The summed E-state index contributed by atoms with van der Waals surface area (Å²) < 4.78 is 17.1. The number of hydrogen-bond acceptors (Lipinski definition) is 5. The summed E-state index contributed by atoms with van der Waals surface area (Å²) in [7, 11) is 1.68. The van der Waals surface area contributed by atoms with E-state index >= 15 is 0 Å². The van der Waals surface area contributed by atoms with Crippen LogP contribution in [0.3, 0.4) is 0 Å². The minimum Gasteiger partial charge on any atom is -0.497 e. The van der Waals surface area contributed by atoms with E-state index < -0.39 is 0 Å². The second-order valence-electron chi connectivity index (χ2n) is 9.39. The van der Waals surface area contributed by atoms with Gasteiger partial charge in [0.05, 0.1) is 30.2 Å². The maximum absolute atomic E-state index is 5.36. The number of fused-ring (bicyclic) bond motifs is 1. The van der Waals surface area contributed by atoms with E-state index in [1.54, 1.807) is 7.11 Å². The molecule has 2 aromatic heterocycles. The molecule has 0 N–H and O–H groups in total. The van der Waals surface area contributed by atoms with Gasteiger partial charge in [-0.2, -0.15) is 8.75 Å². The highest BCUT2D eigenvalue weighted by Crippen LogP contribution is 2.41. The summed E-state index contributed by atoms with van der Waals surface area (Å²) in [6, 6.07) is 43.5. The summed E-state index contributed by atoms with van der Waals surface area (Å²) >= 11 is 1.22. The van der Waals surface area contributed by atoms with Crippen molar-refractivity contribution < 1.29 is 4.74 Å². The number of methoxy groups -OCH3 is 1. The Bertz CT molecular complexity index is 1910. The van der Waals surface area contributed by atoms with Crippen LogP contribution in [0.25, 0.3) is 61.8 Å². The van der Waals surface area contributed by atoms with Gasteiger partial charge in [0.15, 0.2) is 0 Å². The number of para-hydroxylation sites is 1. The third-order valence-electron chi connectivity index (χ3n) is 7.04. The van der Waals surface area contributed by atoms with Crippen LogP contribution >= 0.6 is 11.7 Å². The lowest BCUT2D eigenvalue weighted by molar-refractivity contribution is 0.415. The van der Waals surface area contributed by atoms with Crippen LogP contribution in [0.15, 0.2) is 127 Å². The Labute approximate surface area is 236 Å². The Morgan fingerprint density at radius 1 is 0.575 bits per heavy atom.